The first-order valence-corrected chi connectivity index (χ1v) is 7.95. The molecule has 3 aromatic rings. The second kappa shape index (κ2) is 7.32. The summed E-state index contributed by atoms with van der Waals surface area (Å²) < 4.78 is 16.8. The van der Waals surface area contributed by atoms with E-state index in [2.05, 4.69) is 0 Å². The fourth-order valence-corrected chi connectivity index (χ4v) is 2.53. The molecular weight excluding hydrogens is 304 g/mol. The van der Waals surface area contributed by atoms with Gasteiger partial charge in [-0.05, 0) is 19.1 Å². The number of ether oxygens (including phenoxy) is 2. The lowest BCUT2D eigenvalue weighted by molar-refractivity contribution is 0.171. The predicted octanol–water partition coefficient (Wildman–Crippen LogP) is 4.18. The van der Waals surface area contributed by atoms with Gasteiger partial charge < -0.3 is 13.9 Å². The van der Waals surface area contributed by atoms with Crippen molar-refractivity contribution in [3.8, 4) is 17.1 Å². The molecule has 1 heterocycles. The summed E-state index contributed by atoms with van der Waals surface area (Å²) in [5, 5.41) is 0.523. The maximum absolute atomic E-state index is 12.8. The van der Waals surface area contributed by atoms with Crippen molar-refractivity contribution in [1.82, 2.24) is 0 Å². The van der Waals surface area contributed by atoms with Crippen LogP contribution in [0.15, 0.2) is 57.7 Å². The molecule has 4 heteroatoms. The van der Waals surface area contributed by atoms with E-state index >= 15 is 0 Å². The normalized spacial score (nSPS) is 10.9. The molecule has 2 aromatic carbocycles. The van der Waals surface area contributed by atoms with Crippen LogP contribution in [-0.4, -0.2) is 20.3 Å². The average molecular weight is 324 g/mol. The topological polar surface area (TPSA) is 48.7 Å². The molecule has 0 atom stereocenters. The third-order valence-corrected chi connectivity index (χ3v) is 3.81. The summed E-state index contributed by atoms with van der Waals surface area (Å²) in [7, 11) is 1.64. The SMILES string of the molecule is COCCCOc1c(-c2ccc(C)cc2)oc2ccccc2c1=O. The molecule has 0 bridgehead atoms. The van der Waals surface area contributed by atoms with Crippen LogP contribution < -0.4 is 10.2 Å². The van der Waals surface area contributed by atoms with E-state index in [0.29, 0.717) is 36.4 Å². The lowest BCUT2D eigenvalue weighted by Gasteiger charge is -2.11. The van der Waals surface area contributed by atoms with E-state index in [0.717, 1.165) is 11.1 Å². The van der Waals surface area contributed by atoms with Gasteiger partial charge in [0, 0.05) is 25.7 Å². The summed E-state index contributed by atoms with van der Waals surface area (Å²) in [6.07, 6.45) is 0.704. The van der Waals surface area contributed by atoms with Crippen LogP contribution in [0.4, 0.5) is 0 Å². The monoisotopic (exact) mass is 324 g/mol. The van der Waals surface area contributed by atoms with Crippen molar-refractivity contribution in [1.29, 1.82) is 0 Å². The molecule has 0 fully saturated rings. The highest BCUT2D eigenvalue weighted by Crippen LogP contribution is 2.31. The van der Waals surface area contributed by atoms with Crippen LogP contribution >= 0.6 is 0 Å². The zero-order chi connectivity index (χ0) is 16.9. The summed E-state index contributed by atoms with van der Waals surface area (Å²) in [5.41, 5.74) is 2.38. The van der Waals surface area contributed by atoms with Crippen LogP contribution in [0.2, 0.25) is 0 Å². The molecule has 3 rings (SSSR count). The van der Waals surface area contributed by atoms with E-state index in [1.165, 1.54) is 0 Å². The van der Waals surface area contributed by atoms with Crippen molar-refractivity contribution in [3.05, 3.63) is 64.3 Å². The van der Waals surface area contributed by atoms with Crippen LogP contribution in [0, 0.1) is 6.92 Å². The Balaban J connectivity index is 2.10. The minimum Gasteiger partial charge on any atom is -0.486 e. The van der Waals surface area contributed by atoms with Gasteiger partial charge >= 0.3 is 0 Å². The standard InChI is InChI=1S/C20H20O4/c1-14-8-10-15(11-9-14)19-20(23-13-5-12-22-2)18(21)16-6-3-4-7-17(16)24-19/h3-4,6-11H,5,12-13H2,1-2H3. The zero-order valence-corrected chi connectivity index (χ0v) is 13.9. The Morgan fingerprint density at radius 1 is 1.00 bits per heavy atom. The highest BCUT2D eigenvalue weighted by atomic mass is 16.5. The second-order valence-electron chi connectivity index (χ2n) is 5.65. The Bertz CT molecular complexity index is 878. The van der Waals surface area contributed by atoms with Crippen molar-refractivity contribution in [2.75, 3.05) is 20.3 Å². The highest BCUT2D eigenvalue weighted by molar-refractivity contribution is 5.81. The highest BCUT2D eigenvalue weighted by Gasteiger charge is 2.17. The van der Waals surface area contributed by atoms with Gasteiger partial charge in [0.05, 0.1) is 12.0 Å². The number of aryl methyl sites for hydroxylation is 1. The van der Waals surface area contributed by atoms with Crippen LogP contribution in [0.1, 0.15) is 12.0 Å². The Morgan fingerprint density at radius 2 is 1.75 bits per heavy atom. The van der Waals surface area contributed by atoms with Gasteiger partial charge in [0.25, 0.3) is 0 Å². The van der Waals surface area contributed by atoms with Crippen molar-refractivity contribution in [2.24, 2.45) is 0 Å². The molecule has 124 valence electrons. The first-order chi connectivity index (χ1) is 11.7. The molecule has 0 saturated heterocycles. The number of fused-ring (bicyclic) bond motifs is 1. The van der Waals surface area contributed by atoms with Gasteiger partial charge in [0.2, 0.25) is 11.2 Å². The largest absolute Gasteiger partial charge is 0.486 e. The van der Waals surface area contributed by atoms with Gasteiger partial charge in [-0.3, -0.25) is 4.79 Å². The summed E-state index contributed by atoms with van der Waals surface area (Å²) in [5.74, 6) is 0.727. The fraction of sp³-hybridized carbons (Fsp3) is 0.250. The minimum absolute atomic E-state index is 0.148. The van der Waals surface area contributed by atoms with Crippen molar-refractivity contribution in [3.63, 3.8) is 0 Å². The van der Waals surface area contributed by atoms with Crippen LogP contribution in [0.25, 0.3) is 22.3 Å². The summed E-state index contributed by atoms with van der Waals surface area (Å²) in [4.78, 5) is 12.8. The van der Waals surface area contributed by atoms with Crippen molar-refractivity contribution >= 4 is 11.0 Å². The molecule has 0 unspecified atom stereocenters. The van der Waals surface area contributed by atoms with Gasteiger partial charge in [-0.1, -0.05) is 42.0 Å². The lowest BCUT2D eigenvalue weighted by atomic mass is 10.1. The summed E-state index contributed by atoms with van der Waals surface area (Å²) >= 11 is 0. The Kier molecular flexibility index (Phi) is 4.96. The average Bonchev–Trinajstić information content (AvgIpc) is 2.61. The van der Waals surface area contributed by atoms with E-state index in [9.17, 15) is 4.79 Å². The molecule has 0 spiro atoms. The maximum atomic E-state index is 12.8. The van der Waals surface area contributed by atoms with Crippen molar-refractivity contribution < 1.29 is 13.9 Å². The molecular formula is C20H20O4. The van der Waals surface area contributed by atoms with E-state index < -0.39 is 0 Å². The Labute approximate surface area is 140 Å². The smallest absolute Gasteiger partial charge is 0.235 e. The quantitative estimate of drug-likeness (QED) is 0.638. The van der Waals surface area contributed by atoms with Crippen LogP contribution in [0.3, 0.4) is 0 Å². The van der Waals surface area contributed by atoms with Gasteiger partial charge in [-0.2, -0.15) is 0 Å². The number of para-hydroxylation sites is 1. The zero-order valence-electron chi connectivity index (χ0n) is 13.9. The van der Waals surface area contributed by atoms with Gasteiger partial charge in [-0.15, -0.1) is 0 Å². The number of hydrogen-bond donors (Lipinski definition) is 0. The van der Waals surface area contributed by atoms with E-state index in [4.69, 9.17) is 13.9 Å². The Hall–Kier alpha value is -2.59. The second-order valence-corrected chi connectivity index (χ2v) is 5.65. The number of benzene rings is 2. The first-order valence-electron chi connectivity index (χ1n) is 7.95. The van der Waals surface area contributed by atoms with Crippen molar-refractivity contribution in [2.45, 2.75) is 13.3 Å². The molecule has 0 aliphatic heterocycles. The molecule has 0 aliphatic rings. The lowest BCUT2D eigenvalue weighted by Crippen LogP contribution is -2.12. The molecule has 24 heavy (non-hydrogen) atoms. The molecule has 0 radical (unpaired) electrons. The third-order valence-electron chi connectivity index (χ3n) is 3.81. The molecule has 0 N–H and O–H groups in total. The maximum Gasteiger partial charge on any atom is 0.235 e. The predicted molar refractivity (Wildman–Crippen MR) is 94.6 cm³/mol. The number of methoxy groups -OCH3 is 1. The van der Waals surface area contributed by atoms with Crippen LogP contribution in [-0.2, 0) is 4.74 Å². The first kappa shape index (κ1) is 16.3. The molecule has 0 amide bonds. The Morgan fingerprint density at radius 3 is 2.50 bits per heavy atom. The van der Waals surface area contributed by atoms with E-state index in [1.54, 1.807) is 19.2 Å². The molecule has 0 saturated carbocycles. The van der Waals surface area contributed by atoms with E-state index in [1.807, 2.05) is 43.3 Å². The third kappa shape index (κ3) is 3.34. The van der Waals surface area contributed by atoms with Gasteiger partial charge in [0.15, 0.2) is 5.76 Å². The molecule has 4 nitrogen and oxygen atoms in total. The van der Waals surface area contributed by atoms with Gasteiger partial charge in [0.1, 0.15) is 5.58 Å². The number of rotatable bonds is 6. The minimum atomic E-state index is -0.148. The molecule has 0 aliphatic carbocycles. The molecule has 1 aromatic heterocycles. The summed E-state index contributed by atoms with van der Waals surface area (Å²) in [6.45, 7) is 3.00. The number of hydrogen-bond acceptors (Lipinski definition) is 4. The summed E-state index contributed by atoms with van der Waals surface area (Å²) in [6, 6.07) is 15.1. The van der Waals surface area contributed by atoms with Gasteiger partial charge in [-0.25, -0.2) is 0 Å². The fourth-order valence-electron chi connectivity index (χ4n) is 2.53. The van der Waals surface area contributed by atoms with Crippen LogP contribution in [0.5, 0.6) is 5.75 Å². The van der Waals surface area contributed by atoms with E-state index in [-0.39, 0.29) is 11.2 Å².